The summed E-state index contributed by atoms with van der Waals surface area (Å²) in [7, 11) is 0. The number of nitrogens with zero attached hydrogens (tertiary/aromatic N) is 1. The summed E-state index contributed by atoms with van der Waals surface area (Å²) < 4.78 is 31.1. The van der Waals surface area contributed by atoms with Crippen LogP contribution in [0.2, 0.25) is 0 Å². The van der Waals surface area contributed by atoms with Gasteiger partial charge in [-0.2, -0.15) is 5.26 Å². The van der Waals surface area contributed by atoms with Gasteiger partial charge in [0.15, 0.2) is 11.6 Å². The molecule has 94 valence electrons. The molecule has 2 rings (SSSR count). The van der Waals surface area contributed by atoms with Crippen molar-refractivity contribution in [2.24, 2.45) is 0 Å². The largest absolute Gasteiger partial charge is 0.456 e. The van der Waals surface area contributed by atoms with Gasteiger partial charge in [-0.25, -0.2) is 8.78 Å². The van der Waals surface area contributed by atoms with Gasteiger partial charge < -0.3 is 4.74 Å². The Morgan fingerprint density at radius 2 is 1.89 bits per heavy atom. The lowest BCUT2D eigenvalue weighted by Crippen LogP contribution is -1.92. The van der Waals surface area contributed by atoms with Crippen molar-refractivity contribution in [1.29, 1.82) is 5.26 Å². The second-order valence-electron chi connectivity index (χ2n) is 3.66. The molecular weight excluding hydrogens is 252 g/mol. The number of ether oxygens (including phenoxy) is 1. The van der Waals surface area contributed by atoms with Crippen LogP contribution >= 0.6 is 0 Å². The molecule has 0 unspecified atom stereocenters. The van der Waals surface area contributed by atoms with Gasteiger partial charge in [0.05, 0.1) is 5.56 Å². The van der Waals surface area contributed by atoms with E-state index in [0.29, 0.717) is 11.8 Å². The highest BCUT2D eigenvalue weighted by atomic mass is 19.2. The molecule has 2 aromatic carbocycles. The SMILES string of the molecule is N#Cc1cc(C=O)ccc1Oc1ccc(F)c(F)c1. The van der Waals surface area contributed by atoms with E-state index in [-0.39, 0.29) is 17.1 Å². The van der Waals surface area contributed by atoms with Crippen molar-refractivity contribution in [1.82, 2.24) is 0 Å². The van der Waals surface area contributed by atoms with Crippen LogP contribution in [0.3, 0.4) is 0 Å². The molecule has 19 heavy (non-hydrogen) atoms. The number of hydrogen-bond acceptors (Lipinski definition) is 3. The maximum Gasteiger partial charge on any atom is 0.162 e. The van der Waals surface area contributed by atoms with Gasteiger partial charge in [0.2, 0.25) is 0 Å². The molecule has 5 heteroatoms. The second kappa shape index (κ2) is 5.27. The molecule has 0 spiro atoms. The average Bonchev–Trinajstić information content (AvgIpc) is 2.43. The molecule has 0 aromatic heterocycles. The minimum absolute atomic E-state index is 0.0641. The summed E-state index contributed by atoms with van der Waals surface area (Å²) in [6.07, 6.45) is 0.599. The zero-order valence-electron chi connectivity index (χ0n) is 9.56. The van der Waals surface area contributed by atoms with Crippen LogP contribution in [0.5, 0.6) is 11.5 Å². The minimum Gasteiger partial charge on any atom is -0.456 e. The first-order chi connectivity index (χ1) is 9.13. The van der Waals surface area contributed by atoms with E-state index in [1.54, 1.807) is 0 Å². The van der Waals surface area contributed by atoms with E-state index in [0.717, 1.165) is 12.1 Å². The lowest BCUT2D eigenvalue weighted by Gasteiger charge is -2.07. The van der Waals surface area contributed by atoms with E-state index < -0.39 is 11.6 Å². The Hall–Kier alpha value is -2.74. The number of carbonyl (C=O) groups excluding carboxylic acids is 1. The fourth-order valence-electron chi connectivity index (χ4n) is 1.46. The molecule has 0 amide bonds. The maximum absolute atomic E-state index is 13.0. The fourth-order valence-corrected chi connectivity index (χ4v) is 1.46. The standard InChI is InChI=1S/C14H7F2NO2/c15-12-3-2-11(6-13(12)16)19-14-4-1-9(8-18)5-10(14)7-17/h1-6,8H. The third-order valence-electron chi connectivity index (χ3n) is 2.38. The molecule has 2 aromatic rings. The molecule has 0 saturated heterocycles. The van der Waals surface area contributed by atoms with E-state index in [2.05, 4.69) is 0 Å². The Morgan fingerprint density at radius 1 is 1.11 bits per heavy atom. The summed E-state index contributed by atoms with van der Waals surface area (Å²) in [5.74, 6) is -1.79. The summed E-state index contributed by atoms with van der Waals surface area (Å²) in [6, 6.07) is 9.15. The number of aldehydes is 1. The number of halogens is 2. The van der Waals surface area contributed by atoms with Crippen molar-refractivity contribution in [2.75, 3.05) is 0 Å². The first-order valence-corrected chi connectivity index (χ1v) is 5.26. The van der Waals surface area contributed by atoms with E-state index in [1.807, 2.05) is 6.07 Å². The van der Waals surface area contributed by atoms with Crippen LogP contribution in [-0.4, -0.2) is 6.29 Å². The van der Waals surface area contributed by atoms with Gasteiger partial charge in [0.1, 0.15) is 23.9 Å². The Bertz CT molecular complexity index is 678. The molecule has 0 aliphatic heterocycles. The molecule has 0 aliphatic rings. The van der Waals surface area contributed by atoms with Crippen molar-refractivity contribution in [3.63, 3.8) is 0 Å². The highest BCUT2D eigenvalue weighted by molar-refractivity contribution is 5.76. The molecule has 3 nitrogen and oxygen atoms in total. The Labute approximate surface area is 107 Å². The molecular formula is C14H7F2NO2. The third kappa shape index (κ3) is 2.75. The Morgan fingerprint density at radius 3 is 2.53 bits per heavy atom. The van der Waals surface area contributed by atoms with E-state index >= 15 is 0 Å². The van der Waals surface area contributed by atoms with Gasteiger partial charge in [-0.05, 0) is 30.3 Å². The maximum atomic E-state index is 13.0. The quantitative estimate of drug-likeness (QED) is 0.793. The van der Waals surface area contributed by atoms with Crippen LogP contribution in [0.15, 0.2) is 36.4 Å². The number of benzene rings is 2. The third-order valence-corrected chi connectivity index (χ3v) is 2.38. The van der Waals surface area contributed by atoms with Crippen molar-refractivity contribution >= 4 is 6.29 Å². The molecule has 0 heterocycles. The summed E-state index contributed by atoms with van der Waals surface area (Å²) >= 11 is 0. The molecule has 0 N–H and O–H groups in total. The average molecular weight is 259 g/mol. The Kier molecular flexibility index (Phi) is 3.53. The molecule has 0 saturated carbocycles. The lowest BCUT2D eigenvalue weighted by atomic mass is 10.1. The van der Waals surface area contributed by atoms with E-state index in [9.17, 15) is 13.6 Å². The predicted molar refractivity (Wildman–Crippen MR) is 63.0 cm³/mol. The highest BCUT2D eigenvalue weighted by Crippen LogP contribution is 2.26. The van der Waals surface area contributed by atoms with Crippen molar-refractivity contribution in [3.05, 3.63) is 59.2 Å². The zero-order chi connectivity index (χ0) is 13.8. The molecule has 0 radical (unpaired) electrons. The van der Waals surface area contributed by atoms with E-state index in [1.165, 1.54) is 24.3 Å². The van der Waals surface area contributed by atoms with Crippen LogP contribution < -0.4 is 4.74 Å². The van der Waals surface area contributed by atoms with Crippen LogP contribution in [0.1, 0.15) is 15.9 Å². The Balaban J connectivity index is 2.35. The summed E-state index contributed by atoms with van der Waals surface area (Å²) in [6.45, 7) is 0. The van der Waals surface area contributed by atoms with Crippen molar-refractivity contribution < 1.29 is 18.3 Å². The minimum atomic E-state index is -1.04. The van der Waals surface area contributed by atoms with E-state index in [4.69, 9.17) is 10.00 Å². The van der Waals surface area contributed by atoms with Gasteiger partial charge in [-0.3, -0.25) is 4.79 Å². The van der Waals surface area contributed by atoms with Crippen LogP contribution in [0.25, 0.3) is 0 Å². The number of hydrogen-bond donors (Lipinski definition) is 0. The number of nitriles is 1. The summed E-state index contributed by atoms with van der Waals surface area (Å²) in [4.78, 5) is 10.6. The predicted octanol–water partition coefficient (Wildman–Crippen LogP) is 3.44. The summed E-state index contributed by atoms with van der Waals surface area (Å²) in [5, 5.41) is 8.94. The molecule has 0 aliphatic carbocycles. The van der Waals surface area contributed by atoms with Crippen molar-refractivity contribution in [2.45, 2.75) is 0 Å². The van der Waals surface area contributed by atoms with Gasteiger partial charge in [0, 0.05) is 11.6 Å². The van der Waals surface area contributed by atoms with Crippen molar-refractivity contribution in [3.8, 4) is 17.6 Å². The van der Waals surface area contributed by atoms with Gasteiger partial charge in [0.25, 0.3) is 0 Å². The molecule has 0 atom stereocenters. The normalized spacial score (nSPS) is 9.74. The second-order valence-corrected chi connectivity index (χ2v) is 3.66. The number of carbonyl (C=O) groups is 1. The first kappa shape index (κ1) is 12.7. The first-order valence-electron chi connectivity index (χ1n) is 5.26. The van der Waals surface area contributed by atoms with Crippen LogP contribution in [-0.2, 0) is 0 Å². The van der Waals surface area contributed by atoms with Crippen LogP contribution in [0.4, 0.5) is 8.78 Å². The number of rotatable bonds is 3. The molecule has 0 fully saturated rings. The van der Waals surface area contributed by atoms with Gasteiger partial charge in [-0.1, -0.05) is 0 Å². The molecule has 0 bridgehead atoms. The van der Waals surface area contributed by atoms with Crippen LogP contribution in [0, 0.1) is 23.0 Å². The van der Waals surface area contributed by atoms with Gasteiger partial charge in [-0.15, -0.1) is 0 Å². The lowest BCUT2D eigenvalue weighted by molar-refractivity contribution is 0.112. The monoisotopic (exact) mass is 259 g/mol. The zero-order valence-corrected chi connectivity index (χ0v) is 9.56. The fraction of sp³-hybridized carbons (Fsp3) is 0. The van der Waals surface area contributed by atoms with Gasteiger partial charge >= 0.3 is 0 Å². The highest BCUT2D eigenvalue weighted by Gasteiger charge is 2.08. The summed E-state index contributed by atoms with van der Waals surface area (Å²) in [5.41, 5.74) is 0.462. The smallest absolute Gasteiger partial charge is 0.162 e. The topological polar surface area (TPSA) is 50.1 Å².